The standard InChI is InChI=1S/C27H34FN5O2S.CH2F2/c1-7-23-24(30-20(4)21-11-13-22(28)14-12-21)25(33-27(5)15-16-27)32-26(31-23)29-17-18(2)9-8-10-19(3)36(6,34)35;2-1-3/h7-13,22H,1,3,14-17H2,2,4-6H3,(H2,29,31,32,33);1H2/b10-8-,18-9+,30-20?;. The van der Waals surface area contributed by atoms with Gasteiger partial charge < -0.3 is 10.6 Å². The van der Waals surface area contributed by atoms with E-state index in [0.717, 1.165) is 36.0 Å². The Kier molecular flexibility index (Phi) is 11.5. The lowest BCUT2D eigenvalue weighted by Gasteiger charge is -2.18. The van der Waals surface area contributed by atoms with Crippen LogP contribution in [0, 0.1) is 0 Å². The number of halogens is 3. The van der Waals surface area contributed by atoms with Crippen LogP contribution in [-0.2, 0) is 9.84 Å². The van der Waals surface area contributed by atoms with Crippen molar-refractivity contribution in [3.05, 3.63) is 71.4 Å². The van der Waals surface area contributed by atoms with Crippen molar-refractivity contribution in [3.63, 3.8) is 0 Å². The molecular weight excluding hydrogens is 527 g/mol. The van der Waals surface area contributed by atoms with Gasteiger partial charge in [-0.2, -0.15) is 4.98 Å². The Hall–Kier alpha value is -3.47. The quantitative estimate of drug-likeness (QED) is 0.228. The summed E-state index contributed by atoms with van der Waals surface area (Å²) >= 11 is 0. The molecule has 0 aliphatic heterocycles. The number of aliphatic imine (C=N–C) groups is 1. The van der Waals surface area contributed by atoms with E-state index in [2.05, 4.69) is 35.7 Å². The summed E-state index contributed by atoms with van der Waals surface area (Å²) < 4.78 is 55.7. The number of alkyl halides is 3. The second kappa shape index (κ2) is 14.1. The molecule has 1 atom stereocenters. The molecule has 3 rings (SSSR count). The number of sulfone groups is 1. The number of rotatable bonds is 11. The molecule has 0 spiro atoms. The first-order chi connectivity index (χ1) is 18.3. The van der Waals surface area contributed by atoms with Crippen LogP contribution in [0.2, 0.25) is 0 Å². The highest BCUT2D eigenvalue weighted by Gasteiger charge is 2.38. The average molecular weight is 564 g/mol. The lowest BCUT2D eigenvalue weighted by Crippen LogP contribution is -2.19. The zero-order chi connectivity index (χ0) is 29.2. The van der Waals surface area contributed by atoms with Gasteiger partial charge in [0, 0.05) is 30.5 Å². The van der Waals surface area contributed by atoms with Gasteiger partial charge in [-0.05, 0) is 57.4 Å². The van der Waals surface area contributed by atoms with Crippen molar-refractivity contribution in [1.82, 2.24) is 9.97 Å². The highest BCUT2D eigenvalue weighted by molar-refractivity contribution is 7.94. The Morgan fingerprint density at radius 3 is 2.49 bits per heavy atom. The monoisotopic (exact) mass is 563 g/mol. The number of allylic oxidation sites excluding steroid dienone is 7. The second-order valence-electron chi connectivity index (χ2n) is 9.55. The van der Waals surface area contributed by atoms with Crippen LogP contribution in [0.3, 0.4) is 0 Å². The Labute approximate surface area is 229 Å². The van der Waals surface area contributed by atoms with Crippen LogP contribution in [0.1, 0.15) is 45.7 Å². The number of anilines is 2. The maximum atomic E-state index is 13.5. The molecule has 1 aromatic heterocycles. The van der Waals surface area contributed by atoms with Gasteiger partial charge in [0.1, 0.15) is 11.9 Å². The van der Waals surface area contributed by atoms with E-state index >= 15 is 0 Å². The van der Waals surface area contributed by atoms with Crippen molar-refractivity contribution >= 4 is 39.1 Å². The third-order valence-electron chi connectivity index (χ3n) is 5.93. The molecule has 0 amide bonds. The second-order valence-corrected chi connectivity index (χ2v) is 11.6. The molecular formula is C28H36F3N5O2S. The molecule has 1 saturated carbocycles. The van der Waals surface area contributed by atoms with Crippen LogP contribution in [0.5, 0.6) is 0 Å². The minimum atomic E-state index is -3.30. The first-order valence-electron chi connectivity index (χ1n) is 12.3. The normalized spacial score (nSPS) is 18.6. The van der Waals surface area contributed by atoms with Crippen LogP contribution < -0.4 is 10.6 Å². The smallest absolute Gasteiger partial charge is 0.229 e. The fraction of sp³-hybridized carbons (Fsp3) is 0.393. The van der Waals surface area contributed by atoms with Gasteiger partial charge in [-0.25, -0.2) is 31.6 Å². The Balaban J connectivity index is 0.00000170. The van der Waals surface area contributed by atoms with Crippen LogP contribution in [0.15, 0.2) is 70.7 Å². The number of hydrogen-bond donors (Lipinski definition) is 2. The van der Waals surface area contributed by atoms with Gasteiger partial charge in [-0.3, -0.25) is 0 Å². The number of hydrogen-bond acceptors (Lipinski definition) is 7. The molecule has 2 aliphatic rings. The predicted molar refractivity (Wildman–Crippen MR) is 155 cm³/mol. The minimum absolute atomic E-state index is 0.0453. The average Bonchev–Trinajstić information content (AvgIpc) is 3.60. The van der Waals surface area contributed by atoms with Crippen molar-refractivity contribution in [1.29, 1.82) is 0 Å². The molecule has 39 heavy (non-hydrogen) atoms. The number of aromatic nitrogens is 2. The SMILES string of the molecule is C=Cc1nc(NC/C(C)=C/C=C\C(=C)S(C)(=O)=O)nc(NC2(C)CC2)c1N=C(C)C1=CCC(F)C=C1.FCF. The third kappa shape index (κ3) is 10.3. The van der Waals surface area contributed by atoms with Crippen molar-refractivity contribution in [2.45, 2.75) is 51.7 Å². The molecule has 2 aliphatic carbocycles. The summed E-state index contributed by atoms with van der Waals surface area (Å²) in [6.07, 6.45) is 14.3. The fourth-order valence-electron chi connectivity index (χ4n) is 3.30. The largest absolute Gasteiger partial charge is 0.363 e. The summed E-state index contributed by atoms with van der Waals surface area (Å²) in [4.78, 5) is 14.2. The molecule has 0 saturated heterocycles. The summed E-state index contributed by atoms with van der Waals surface area (Å²) in [6, 6.07) is 0. The molecule has 0 aromatic carbocycles. The summed E-state index contributed by atoms with van der Waals surface area (Å²) in [7, 11) is -3.30. The van der Waals surface area contributed by atoms with E-state index in [0.29, 0.717) is 36.1 Å². The molecule has 1 aromatic rings. The number of nitrogens with one attached hydrogen (secondary N) is 2. The maximum Gasteiger partial charge on any atom is 0.229 e. The van der Waals surface area contributed by atoms with Gasteiger partial charge >= 0.3 is 0 Å². The summed E-state index contributed by atoms with van der Waals surface area (Å²) in [5.74, 6) is 1.03. The molecule has 11 heteroatoms. The van der Waals surface area contributed by atoms with Crippen molar-refractivity contribution in [2.75, 3.05) is 30.4 Å². The van der Waals surface area contributed by atoms with E-state index in [-0.39, 0.29) is 10.4 Å². The molecule has 1 heterocycles. The van der Waals surface area contributed by atoms with Gasteiger partial charge in [0.15, 0.2) is 15.7 Å². The molecule has 7 nitrogen and oxygen atoms in total. The maximum absolute atomic E-state index is 13.5. The van der Waals surface area contributed by atoms with E-state index in [1.807, 2.05) is 19.9 Å². The van der Waals surface area contributed by atoms with Crippen LogP contribution in [0.25, 0.3) is 6.08 Å². The van der Waals surface area contributed by atoms with E-state index in [4.69, 9.17) is 9.98 Å². The minimum Gasteiger partial charge on any atom is -0.363 e. The number of nitrogens with zero attached hydrogens (tertiary/aromatic N) is 3. The van der Waals surface area contributed by atoms with Crippen molar-refractivity contribution in [3.8, 4) is 0 Å². The van der Waals surface area contributed by atoms with Gasteiger partial charge in [0.25, 0.3) is 0 Å². The van der Waals surface area contributed by atoms with E-state index in [9.17, 15) is 21.6 Å². The predicted octanol–water partition coefficient (Wildman–Crippen LogP) is 6.76. The van der Waals surface area contributed by atoms with Crippen LogP contribution in [-0.4, -0.2) is 55.5 Å². The summed E-state index contributed by atoms with van der Waals surface area (Å²) in [6.45, 7) is 12.1. The zero-order valence-electron chi connectivity index (χ0n) is 22.8. The topological polar surface area (TPSA) is 96.3 Å². The van der Waals surface area contributed by atoms with Gasteiger partial charge in [0.05, 0.1) is 10.6 Å². The summed E-state index contributed by atoms with van der Waals surface area (Å²) in [5.41, 5.74) is 3.68. The first-order valence-corrected chi connectivity index (χ1v) is 14.2. The highest BCUT2D eigenvalue weighted by atomic mass is 32.2. The van der Waals surface area contributed by atoms with Gasteiger partial charge in [-0.15, -0.1) is 0 Å². The first kappa shape index (κ1) is 31.7. The van der Waals surface area contributed by atoms with E-state index < -0.39 is 22.9 Å². The zero-order valence-corrected chi connectivity index (χ0v) is 23.6. The van der Waals surface area contributed by atoms with Crippen LogP contribution in [0.4, 0.5) is 30.6 Å². The molecule has 212 valence electrons. The van der Waals surface area contributed by atoms with Crippen LogP contribution >= 0.6 is 0 Å². The lowest BCUT2D eigenvalue weighted by molar-refractivity contribution is 0.295. The molecule has 1 unspecified atom stereocenters. The van der Waals surface area contributed by atoms with Gasteiger partial charge in [0.2, 0.25) is 12.9 Å². The molecule has 2 N–H and O–H groups in total. The Morgan fingerprint density at radius 1 is 1.28 bits per heavy atom. The Morgan fingerprint density at radius 2 is 1.95 bits per heavy atom. The van der Waals surface area contributed by atoms with E-state index in [1.54, 1.807) is 30.4 Å². The van der Waals surface area contributed by atoms with E-state index in [1.165, 1.54) is 6.08 Å². The van der Waals surface area contributed by atoms with Gasteiger partial charge in [-0.1, -0.05) is 43.0 Å². The highest BCUT2D eigenvalue weighted by Crippen LogP contribution is 2.41. The lowest BCUT2D eigenvalue weighted by atomic mass is 10.0. The van der Waals surface area contributed by atoms with Crippen molar-refractivity contribution in [2.24, 2.45) is 4.99 Å². The third-order valence-corrected chi connectivity index (χ3v) is 7.02. The molecule has 0 bridgehead atoms. The Bertz CT molecular complexity index is 1330. The molecule has 1 fully saturated rings. The van der Waals surface area contributed by atoms with Crippen molar-refractivity contribution < 1.29 is 21.6 Å². The summed E-state index contributed by atoms with van der Waals surface area (Å²) in [5, 5.41) is 6.72. The fourth-order valence-corrected chi connectivity index (χ4v) is 3.63. The molecule has 0 radical (unpaired) electrons.